The van der Waals surface area contributed by atoms with Gasteiger partial charge in [0.2, 0.25) is 0 Å². The van der Waals surface area contributed by atoms with Crippen molar-refractivity contribution in [3.8, 4) is 0 Å². The van der Waals surface area contributed by atoms with Gasteiger partial charge in [0.25, 0.3) is 11.8 Å². The molecule has 2 amide bonds. The van der Waals surface area contributed by atoms with Crippen molar-refractivity contribution in [2.24, 2.45) is 0 Å². The largest absolute Gasteiger partial charge is 0.335 e. The third kappa shape index (κ3) is 4.18. The van der Waals surface area contributed by atoms with E-state index in [1.807, 2.05) is 30.0 Å². The average Bonchev–Trinajstić information content (AvgIpc) is 2.67. The molecule has 0 bridgehead atoms. The Morgan fingerprint density at radius 3 is 2.11 bits per heavy atom. The van der Waals surface area contributed by atoms with E-state index in [4.69, 9.17) is 0 Å². The Hall–Kier alpha value is -2.69. The highest BCUT2D eigenvalue weighted by molar-refractivity contribution is 5.96. The average molecular weight is 365 g/mol. The number of nitrogens with zero attached hydrogens (tertiary/aromatic N) is 3. The number of aromatic nitrogens is 1. The first-order chi connectivity index (χ1) is 12.8. The van der Waals surface area contributed by atoms with Crippen LogP contribution in [0, 0.1) is 6.92 Å². The second-order valence-corrected chi connectivity index (χ2v) is 8.08. The molecule has 1 fully saturated rings. The van der Waals surface area contributed by atoms with Crippen LogP contribution in [0.2, 0.25) is 0 Å². The summed E-state index contributed by atoms with van der Waals surface area (Å²) in [5.74, 6) is -0.0304. The molecule has 3 rings (SSSR count). The van der Waals surface area contributed by atoms with Crippen molar-refractivity contribution in [1.82, 2.24) is 14.8 Å². The summed E-state index contributed by atoms with van der Waals surface area (Å²) in [7, 11) is 0. The first kappa shape index (κ1) is 19.1. The monoisotopic (exact) mass is 365 g/mol. The summed E-state index contributed by atoms with van der Waals surface area (Å²) in [6.45, 7) is 10.5. The highest BCUT2D eigenvalue weighted by Gasteiger charge is 2.27. The van der Waals surface area contributed by atoms with E-state index in [0.29, 0.717) is 31.9 Å². The first-order valence-electron chi connectivity index (χ1n) is 9.38. The maximum atomic E-state index is 13.1. The fraction of sp³-hybridized carbons (Fsp3) is 0.409. The summed E-state index contributed by atoms with van der Waals surface area (Å²) in [6, 6.07) is 11.5. The van der Waals surface area contributed by atoms with Gasteiger partial charge in [0, 0.05) is 37.9 Å². The summed E-state index contributed by atoms with van der Waals surface area (Å²) in [4.78, 5) is 33.3. The Kier molecular flexibility index (Phi) is 5.31. The number of amides is 2. The highest BCUT2D eigenvalue weighted by atomic mass is 16.2. The van der Waals surface area contributed by atoms with Gasteiger partial charge in [-0.1, -0.05) is 39.0 Å². The molecule has 2 heterocycles. The molecule has 0 radical (unpaired) electrons. The molecule has 27 heavy (non-hydrogen) atoms. The lowest BCUT2D eigenvalue weighted by molar-refractivity contribution is 0.0532. The van der Waals surface area contributed by atoms with Crippen LogP contribution in [0.3, 0.4) is 0 Å². The van der Waals surface area contributed by atoms with Crippen molar-refractivity contribution in [3.63, 3.8) is 0 Å². The fourth-order valence-corrected chi connectivity index (χ4v) is 3.25. The van der Waals surface area contributed by atoms with Crippen LogP contribution in [0.1, 0.15) is 52.7 Å². The third-order valence-electron chi connectivity index (χ3n) is 5.07. The molecule has 0 aliphatic carbocycles. The normalized spacial score (nSPS) is 15.0. The van der Waals surface area contributed by atoms with E-state index in [0.717, 1.165) is 16.7 Å². The Bertz CT molecular complexity index is 832. The van der Waals surface area contributed by atoms with Gasteiger partial charge >= 0.3 is 0 Å². The zero-order chi connectivity index (χ0) is 19.6. The van der Waals surface area contributed by atoms with Gasteiger partial charge in [0.05, 0.1) is 0 Å². The lowest BCUT2D eigenvalue weighted by Gasteiger charge is -2.35. The molecule has 1 aliphatic rings. The van der Waals surface area contributed by atoms with Crippen molar-refractivity contribution in [2.75, 3.05) is 26.2 Å². The number of carbonyl (C=O) groups is 2. The van der Waals surface area contributed by atoms with Crippen LogP contribution in [0.5, 0.6) is 0 Å². The molecule has 5 nitrogen and oxygen atoms in total. The number of hydrogen-bond donors (Lipinski definition) is 0. The van der Waals surface area contributed by atoms with Gasteiger partial charge in [0.15, 0.2) is 0 Å². The van der Waals surface area contributed by atoms with Crippen molar-refractivity contribution >= 4 is 11.8 Å². The van der Waals surface area contributed by atoms with Gasteiger partial charge in [-0.15, -0.1) is 0 Å². The van der Waals surface area contributed by atoms with Crippen LogP contribution < -0.4 is 0 Å². The van der Waals surface area contributed by atoms with Crippen LogP contribution in [0.15, 0.2) is 42.6 Å². The first-order valence-corrected chi connectivity index (χ1v) is 9.38. The highest BCUT2D eigenvalue weighted by Crippen LogP contribution is 2.25. The Balaban J connectivity index is 1.70. The van der Waals surface area contributed by atoms with Crippen molar-refractivity contribution < 1.29 is 9.59 Å². The SMILES string of the molecule is Cc1ccc(C(C)(C)C)cc1C(=O)N1CCN(C(=O)c2ccccn2)CC1. The number of piperazine rings is 1. The van der Waals surface area contributed by atoms with E-state index in [1.165, 1.54) is 0 Å². The molecule has 1 saturated heterocycles. The Morgan fingerprint density at radius 1 is 0.926 bits per heavy atom. The van der Waals surface area contributed by atoms with Crippen molar-refractivity contribution in [1.29, 1.82) is 0 Å². The molecule has 2 aromatic rings. The van der Waals surface area contributed by atoms with Crippen molar-refractivity contribution in [3.05, 3.63) is 65.0 Å². The topological polar surface area (TPSA) is 53.5 Å². The second-order valence-electron chi connectivity index (χ2n) is 8.08. The van der Waals surface area contributed by atoms with Gasteiger partial charge in [-0.05, 0) is 41.7 Å². The van der Waals surface area contributed by atoms with Gasteiger partial charge in [-0.25, -0.2) is 0 Å². The summed E-state index contributed by atoms with van der Waals surface area (Å²) < 4.78 is 0. The maximum absolute atomic E-state index is 13.1. The molecular formula is C22H27N3O2. The van der Waals surface area contributed by atoms with Crippen LogP contribution in [-0.2, 0) is 5.41 Å². The fourth-order valence-electron chi connectivity index (χ4n) is 3.25. The third-order valence-corrected chi connectivity index (χ3v) is 5.07. The van der Waals surface area contributed by atoms with E-state index in [-0.39, 0.29) is 17.2 Å². The van der Waals surface area contributed by atoms with Crippen LogP contribution in [0.25, 0.3) is 0 Å². The molecular weight excluding hydrogens is 338 g/mol. The van der Waals surface area contributed by atoms with Gasteiger partial charge in [-0.3, -0.25) is 14.6 Å². The molecule has 0 unspecified atom stereocenters. The number of rotatable bonds is 2. The predicted molar refractivity (Wildman–Crippen MR) is 106 cm³/mol. The minimum absolute atomic E-state index is 0.00344. The summed E-state index contributed by atoms with van der Waals surface area (Å²) in [6.07, 6.45) is 1.62. The van der Waals surface area contributed by atoms with E-state index in [9.17, 15) is 9.59 Å². The minimum Gasteiger partial charge on any atom is -0.335 e. The van der Waals surface area contributed by atoms with E-state index < -0.39 is 0 Å². The molecule has 5 heteroatoms. The second kappa shape index (κ2) is 7.51. The zero-order valence-electron chi connectivity index (χ0n) is 16.5. The number of aryl methyl sites for hydroxylation is 1. The predicted octanol–water partition coefficient (Wildman–Crippen LogP) is 3.29. The number of pyridine rings is 1. The smallest absolute Gasteiger partial charge is 0.272 e. The van der Waals surface area contributed by atoms with Crippen LogP contribution >= 0.6 is 0 Å². The summed E-state index contributed by atoms with van der Waals surface area (Å²) >= 11 is 0. The van der Waals surface area contributed by atoms with Crippen molar-refractivity contribution in [2.45, 2.75) is 33.1 Å². The van der Waals surface area contributed by atoms with E-state index in [1.54, 1.807) is 23.2 Å². The number of carbonyl (C=O) groups excluding carboxylic acids is 2. The molecule has 0 spiro atoms. The van der Waals surface area contributed by atoms with E-state index in [2.05, 4.69) is 31.8 Å². The molecule has 0 atom stereocenters. The maximum Gasteiger partial charge on any atom is 0.272 e. The van der Waals surface area contributed by atoms with Gasteiger partial charge in [0.1, 0.15) is 5.69 Å². The molecule has 1 aliphatic heterocycles. The molecule has 142 valence electrons. The summed E-state index contributed by atoms with van der Waals surface area (Å²) in [5, 5.41) is 0. The lowest BCUT2D eigenvalue weighted by atomic mass is 9.85. The lowest BCUT2D eigenvalue weighted by Crippen LogP contribution is -2.50. The molecule has 0 N–H and O–H groups in total. The number of hydrogen-bond acceptors (Lipinski definition) is 3. The Morgan fingerprint density at radius 2 is 1.56 bits per heavy atom. The van der Waals surface area contributed by atoms with Gasteiger partial charge in [-0.2, -0.15) is 0 Å². The van der Waals surface area contributed by atoms with Crippen LogP contribution in [0.4, 0.5) is 0 Å². The minimum atomic E-state index is -0.0754. The van der Waals surface area contributed by atoms with Crippen LogP contribution in [-0.4, -0.2) is 52.8 Å². The Labute approximate surface area is 161 Å². The zero-order valence-corrected chi connectivity index (χ0v) is 16.5. The summed E-state index contributed by atoms with van der Waals surface area (Å²) in [5.41, 5.74) is 3.34. The quantitative estimate of drug-likeness (QED) is 0.821. The standard InChI is InChI=1S/C22H27N3O2/c1-16-8-9-17(22(2,3)4)15-18(16)20(26)24-11-13-25(14-12-24)21(27)19-7-5-6-10-23-19/h5-10,15H,11-14H2,1-4H3. The molecule has 0 saturated carbocycles. The number of benzene rings is 1. The van der Waals surface area contributed by atoms with E-state index >= 15 is 0 Å². The van der Waals surface area contributed by atoms with Gasteiger partial charge < -0.3 is 9.80 Å². The molecule has 1 aromatic carbocycles. The molecule has 1 aromatic heterocycles.